The number of carbonyl (C=O) groups excluding carboxylic acids is 1. The van der Waals surface area contributed by atoms with E-state index in [1.165, 1.54) is 24.3 Å². The topological polar surface area (TPSA) is 107 Å². The van der Waals surface area contributed by atoms with E-state index < -0.39 is 10.0 Å². The Hall–Kier alpha value is -3.56. The molecule has 1 amide bonds. The van der Waals surface area contributed by atoms with Crippen molar-refractivity contribution in [3.05, 3.63) is 83.8 Å². The van der Waals surface area contributed by atoms with Crippen molar-refractivity contribution in [2.75, 3.05) is 20.8 Å². The molecule has 0 aliphatic rings. The van der Waals surface area contributed by atoms with Crippen LogP contribution in [0.3, 0.4) is 0 Å². The van der Waals surface area contributed by atoms with Crippen LogP contribution in [0.4, 0.5) is 0 Å². The molecule has 0 saturated carbocycles. The Morgan fingerprint density at radius 3 is 2.48 bits per heavy atom. The predicted molar refractivity (Wildman–Crippen MR) is 124 cm³/mol. The van der Waals surface area contributed by atoms with Gasteiger partial charge >= 0.3 is 0 Å². The highest BCUT2D eigenvalue weighted by atomic mass is 32.2. The number of hydrogen-bond donors (Lipinski definition) is 2. The minimum absolute atomic E-state index is 0.00257. The van der Waals surface area contributed by atoms with E-state index >= 15 is 0 Å². The maximum Gasteiger partial charge on any atom is 0.244 e. The van der Waals surface area contributed by atoms with Gasteiger partial charge in [-0.2, -0.15) is 0 Å². The molecule has 0 atom stereocenters. The summed E-state index contributed by atoms with van der Waals surface area (Å²) >= 11 is 0. The van der Waals surface area contributed by atoms with Crippen LogP contribution in [0.2, 0.25) is 0 Å². The number of methoxy groups -OCH3 is 2. The lowest BCUT2D eigenvalue weighted by atomic mass is 10.1. The molecular formula is C24H26N2O6S. The molecule has 3 aromatic rings. The number of sulfonamides is 1. The lowest BCUT2D eigenvalue weighted by Gasteiger charge is -2.09. The molecule has 9 heteroatoms. The molecule has 174 valence electrons. The van der Waals surface area contributed by atoms with Gasteiger partial charge in [0.1, 0.15) is 11.5 Å². The van der Waals surface area contributed by atoms with Crippen molar-refractivity contribution in [3.8, 4) is 11.5 Å². The summed E-state index contributed by atoms with van der Waals surface area (Å²) in [5.74, 6) is 1.90. The van der Waals surface area contributed by atoms with E-state index in [4.69, 9.17) is 13.9 Å². The molecule has 8 nitrogen and oxygen atoms in total. The molecule has 2 N–H and O–H groups in total. The van der Waals surface area contributed by atoms with Gasteiger partial charge in [0.2, 0.25) is 15.9 Å². The van der Waals surface area contributed by atoms with Crippen LogP contribution in [-0.4, -0.2) is 35.1 Å². The molecule has 0 fully saturated rings. The van der Waals surface area contributed by atoms with Gasteiger partial charge in [-0.3, -0.25) is 4.79 Å². The summed E-state index contributed by atoms with van der Waals surface area (Å²) in [7, 11) is -0.469. The number of nitrogens with one attached hydrogen (secondary N) is 2. The molecule has 0 bridgehead atoms. The summed E-state index contributed by atoms with van der Waals surface area (Å²) in [6, 6.07) is 17.0. The van der Waals surface area contributed by atoms with Crippen LogP contribution in [0, 0.1) is 0 Å². The number of rotatable bonds is 11. The van der Waals surface area contributed by atoms with Crippen LogP contribution < -0.4 is 19.5 Å². The second-order valence-corrected chi connectivity index (χ2v) is 8.77. The van der Waals surface area contributed by atoms with Crippen molar-refractivity contribution < 1.29 is 27.1 Å². The van der Waals surface area contributed by atoms with E-state index in [2.05, 4.69) is 10.0 Å². The fraction of sp³-hybridized carbons (Fsp3) is 0.208. The molecule has 0 saturated heterocycles. The van der Waals surface area contributed by atoms with Crippen molar-refractivity contribution in [1.82, 2.24) is 10.0 Å². The first-order valence-electron chi connectivity index (χ1n) is 10.2. The largest absolute Gasteiger partial charge is 0.493 e. The second kappa shape index (κ2) is 11.3. The van der Waals surface area contributed by atoms with E-state index in [1.807, 2.05) is 18.2 Å². The highest BCUT2D eigenvalue weighted by Crippen LogP contribution is 2.27. The number of ether oxygens (including phenoxy) is 2. The quantitative estimate of drug-likeness (QED) is 0.417. The van der Waals surface area contributed by atoms with Crippen molar-refractivity contribution in [2.45, 2.75) is 17.9 Å². The Morgan fingerprint density at radius 2 is 1.76 bits per heavy atom. The Kier molecular flexibility index (Phi) is 8.28. The number of benzene rings is 2. The van der Waals surface area contributed by atoms with Gasteiger partial charge < -0.3 is 19.2 Å². The fourth-order valence-corrected chi connectivity index (χ4v) is 4.03. The zero-order chi connectivity index (χ0) is 23.7. The molecule has 1 aromatic heterocycles. The van der Waals surface area contributed by atoms with Gasteiger partial charge in [-0.15, -0.1) is 0 Å². The number of furan rings is 1. The van der Waals surface area contributed by atoms with E-state index in [0.29, 0.717) is 36.0 Å². The molecule has 3 rings (SSSR count). The van der Waals surface area contributed by atoms with E-state index in [-0.39, 0.29) is 17.3 Å². The first-order chi connectivity index (χ1) is 15.9. The maximum absolute atomic E-state index is 12.3. The summed E-state index contributed by atoms with van der Waals surface area (Å²) < 4.78 is 43.1. The molecule has 33 heavy (non-hydrogen) atoms. The smallest absolute Gasteiger partial charge is 0.244 e. The summed E-state index contributed by atoms with van der Waals surface area (Å²) in [5.41, 5.74) is 1.01. The van der Waals surface area contributed by atoms with Crippen molar-refractivity contribution >= 4 is 22.0 Å². The lowest BCUT2D eigenvalue weighted by molar-refractivity contribution is -0.116. The summed E-state index contributed by atoms with van der Waals surface area (Å²) in [4.78, 5) is 12.3. The Bertz CT molecular complexity index is 1200. The third-order valence-corrected chi connectivity index (χ3v) is 6.15. The highest BCUT2D eigenvalue weighted by molar-refractivity contribution is 7.89. The van der Waals surface area contributed by atoms with Crippen molar-refractivity contribution in [1.29, 1.82) is 0 Å². The summed E-state index contributed by atoms with van der Waals surface area (Å²) in [6.07, 6.45) is 3.53. The minimum Gasteiger partial charge on any atom is -0.493 e. The zero-order valence-corrected chi connectivity index (χ0v) is 19.2. The minimum atomic E-state index is -3.62. The van der Waals surface area contributed by atoms with Crippen LogP contribution in [0.25, 0.3) is 6.08 Å². The molecular weight excluding hydrogens is 444 g/mol. The lowest BCUT2D eigenvalue weighted by Crippen LogP contribution is -2.23. The molecule has 2 aromatic carbocycles. The van der Waals surface area contributed by atoms with Crippen LogP contribution >= 0.6 is 0 Å². The summed E-state index contributed by atoms with van der Waals surface area (Å²) in [5, 5.41) is 2.81. The number of carbonyl (C=O) groups is 1. The van der Waals surface area contributed by atoms with Crippen LogP contribution in [-0.2, 0) is 27.8 Å². The van der Waals surface area contributed by atoms with Gasteiger partial charge in [0.25, 0.3) is 0 Å². The molecule has 0 radical (unpaired) electrons. The molecule has 0 spiro atoms. The van der Waals surface area contributed by atoms with Gasteiger partial charge in [-0.05, 0) is 54.5 Å². The molecule has 0 unspecified atom stereocenters. The average Bonchev–Trinajstić information content (AvgIpc) is 3.30. The Morgan fingerprint density at radius 1 is 1.00 bits per heavy atom. The van der Waals surface area contributed by atoms with Crippen LogP contribution in [0.5, 0.6) is 11.5 Å². The number of amides is 1. The molecule has 0 aliphatic heterocycles. The first kappa shape index (κ1) is 24.1. The zero-order valence-electron chi connectivity index (χ0n) is 18.4. The standard InChI is InChI=1S/C24H26N2O6S/c1-30-22-12-8-18(16-23(22)31-2)14-15-25-24(27)13-11-19-9-10-20(32-19)17-26-33(28,29)21-6-4-3-5-7-21/h3-13,16,26H,14-15,17H2,1-2H3,(H,25,27)/b13-11+. The van der Waals surface area contributed by atoms with E-state index in [1.54, 1.807) is 44.6 Å². The molecule has 0 aliphatic carbocycles. The van der Waals surface area contributed by atoms with Crippen molar-refractivity contribution in [3.63, 3.8) is 0 Å². The second-order valence-electron chi connectivity index (χ2n) is 7.01. The SMILES string of the molecule is COc1ccc(CCNC(=O)/C=C/c2ccc(CNS(=O)(=O)c3ccccc3)o2)cc1OC. The Balaban J connectivity index is 1.46. The third kappa shape index (κ3) is 6.96. The molecule has 1 heterocycles. The normalized spacial score (nSPS) is 11.5. The Labute approximate surface area is 193 Å². The average molecular weight is 471 g/mol. The first-order valence-corrected chi connectivity index (χ1v) is 11.7. The van der Waals surface area contributed by atoms with Crippen LogP contribution in [0.1, 0.15) is 17.1 Å². The van der Waals surface area contributed by atoms with Gasteiger partial charge in [0.05, 0.1) is 25.7 Å². The van der Waals surface area contributed by atoms with Gasteiger partial charge in [-0.25, -0.2) is 13.1 Å². The third-order valence-electron chi connectivity index (χ3n) is 4.73. The van der Waals surface area contributed by atoms with Gasteiger partial charge in [0.15, 0.2) is 11.5 Å². The fourth-order valence-electron chi connectivity index (χ4n) is 3.01. The van der Waals surface area contributed by atoms with Gasteiger partial charge in [0, 0.05) is 12.6 Å². The van der Waals surface area contributed by atoms with Crippen molar-refractivity contribution in [2.24, 2.45) is 0 Å². The number of hydrogen-bond acceptors (Lipinski definition) is 6. The highest BCUT2D eigenvalue weighted by Gasteiger charge is 2.13. The van der Waals surface area contributed by atoms with Gasteiger partial charge in [-0.1, -0.05) is 24.3 Å². The van der Waals surface area contributed by atoms with E-state index in [0.717, 1.165) is 5.56 Å². The van der Waals surface area contributed by atoms with Crippen LogP contribution in [0.15, 0.2) is 76.1 Å². The predicted octanol–water partition coefficient (Wildman–Crippen LogP) is 3.15. The van der Waals surface area contributed by atoms with E-state index in [9.17, 15) is 13.2 Å². The maximum atomic E-state index is 12.3. The monoisotopic (exact) mass is 470 g/mol. The summed E-state index contributed by atoms with van der Waals surface area (Å²) in [6.45, 7) is 0.450.